The maximum absolute atomic E-state index is 12.3. The van der Waals surface area contributed by atoms with Crippen molar-refractivity contribution >= 4 is 6.03 Å². The zero-order valence-electron chi connectivity index (χ0n) is 13.9. The Morgan fingerprint density at radius 1 is 1.26 bits per heavy atom. The maximum atomic E-state index is 12.3. The molecule has 0 spiro atoms. The van der Waals surface area contributed by atoms with Gasteiger partial charge in [0.25, 0.3) is 0 Å². The summed E-state index contributed by atoms with van der Waals surface area (Å²) in [4.78, 5) is 16.9. The van der Waals surface area contributed by atoms with Crippen LogP contribution in [0.3, 0.4) is 0 Å². The molecule has 2 bridgehead atoms. The molecule has 3 atom stereocenters. The van der Waals surface area contributed by atoms with Crippen LogP contribution in [0, 0.1) is 11.8 Å². The summed E-state index contributed by atoms with van der Waals surface area (Å²) in [5.41, 5.74) is 1.04. The molecule has 1 N–H and O–H groups in total. The van der Waals surface area contributed by atoms with Gasteiger partial charge in [-0.1, -0.05) is 6.42 Å². The number of nitrogens with zero attached hydrogens (tertiary/aromatic N) is 4. The van der Waals surface area contributed by atoms with Gasteiger partial charge in [-0.25, -0.2) is 4.79 Å². The van der Waals surface area contributed by atoms with Gasteiger partial charge in [0.15, 0.2) is 0 Å². The standard InChI is InChI=1S/C17H27N5O/c1-20-12-14(11-19-20)10-18-17(23)22-6-4-21(5-7-22)16-9-13-2-3-15(16)8-13/h11-13,15-16H,2-10H2,1H3,(H,18,23)/t13-,15-,16-/m1/s1. The highest BCUT2D eigenvalue weighted by atomic mass is 16.2. The van der Waals surface area contributed by atoms with Crippen molar-refractivity contribution in [2.45, 2.75) is 38.3 Å². The molecule has 0 unspecified atom stereocenters. The third-order valence-electron chi connectivity index (χ3n) is 5.97. The van der Waals surface area contributed by atoms with Crippen molar-refractivity contribution in [2.75, 3.05) is 26.2 Å². The monoisotopic (exact) mass is 317 g/mol. The molecular formula is C17H27N5O. The Bertz CT molecular complexity index is 563. The second-order valence-electron chi connectivity index (χ2n) is 7.45. The van der Waals surface area contributed by atoms with E-state index in [2.05, 4.69) is 15.3 Å². The van der Waals surface area contributed by atoms with E-state index in [0.29, 0.717) is 6.54 Å². The minimum Gasteiger partial charge on any atom is -0.334 e. The molecule has 6 nitrogen and oxygen atoms in total. The van der Waals surface area contributed by atoms with E-state index < -0.39 is 0 Å². The summed E-state index contributed by atoms with van der Waals surface area (Å²) in [6.45, 7) is 4.33. The SMILES string of the molecule is Cn1cc(CNC(=O)N2CCN([C@@H]3C[C@@H]4CC[C@@H]3C4)CC2)cn1. The fourth-order valence-electron chi connectivity index (χ4n) is 4.77. The average molecular weight is 317 g/mol. The van der Waals surface area contributed by atoms with Crippen LogP contribution < -0.4 is 5.32 Å². The van der Waals surface area contributed by atoms with E-state index in [1.54, 1.807) is 10.9 Å². The van der Waals surface area contributed by atoms with Crippen molar-refractivity contribution in [1.29, 1.82) is 0 Å². The number of urea groups is 1. The molecule has 23 heavy (non-hydrogen) atoms. The Kier molecular flexibility index (Phi) is 4.01. The molecule has 3 fully saturated rings. The number of piperazine rings is 1. The summed E-state index contributed by atoms with van der Waals surface area (Å²) < 4.78 is 1.76. The zero-order valence-corrected chi connectivity index (χ0v) is 13.9. The molecule has 1 aromatic rings. The van der Waals surface area contributed by atoms with Gasteiger partial charge in [0.05, 0.1) is 6.20 Å². The molecule has 1 aliphatic heterocycles. The van der Waals surface area contributed by atoms with Crippen molar-refractivity contribution in [3.8, 4) is 0 Å². The Balaban J connectivity index is 1.23. The summed E-state index contributed by atoms with van der Waals surface area (Å²) in [5, 5.41) is 7.13. The minimum atomic E-state index is 0.0569. The molecule has 4 rings (SSSR count). The van der Waals surface area contributed by atoms with Gasteiger partial charge in [0, 0.05) is 57.6 Å². The van der Waals surface area contributed by atoms with Gasteiger partial charge in [-0.15, -0.1) is 0 Å². The summed E-state index contributed by atoms with van der Waals surface area (Å²) in [6.07, 6.45) is 9.48. The second kappa shape index (κ2) is 6.15. The highest BCUT2D eigenvalue weighted by molar-refractivity contribution is 5.74. The number of amides is 2. The lowest BCUT2D eigenvalue weighted by atomic mass is 9.93. The minimum absolute atomic E-state index is 0.0569. The first-order valence-corrected chi connectivity index (χ1v) is 8.93. The van der Waals surface area contributed by atoms with Crippen LogP contribution in [0.5, 0.6) is 0 Å². The molecule has 2 heterocycles. The quantitative estimate of drug-likeness (QED) is 0.918. The largest absolute Gasteiger partial charge is 0.334 e. The van der Waals surface area contributed by atoms with E-state index in [0.717, 1.165) is 49.6 Å². The lowest BCUT2D eigenvalue weighted by Crippen LogP contribution is -2.55. The van der Waals surface area contributed by atoms with E-state index in [9.17, 15) is 4.79 Å². The molecule has 1 aromatic heterocycles. The molecule has 6 heteroatoms. The van der Waals surface area contributed by atoms with Gasteiger partial charge in [-0.05, 0) is 31.1 Å². The lowest BCUT2D eigenvalue weighted by molar-refractivity contribution is 0.0826. The van der Waals surface area contributed by atoms with Crippen LogP contribution in [0.15, 0.2) is 12.4 Å². The summed E-state index contributed by atoms with van der Waals surface area (Å²) >= 11 is 0. The predicted octanol–water partition coefficient (Wildman–Crippen LogP) is 1.44. The number of rotatable bonds is 3. The Labute approximate surface area is 137 Å². The van der Waals surface area contributed by atoms with Crippen molar-refractivity contribution in [1.82, 2.24) is 24.9 Å². The molecule has 2 aliphatic carbocycles. The number of carbonyl (C=O) groups excluding carboxylic acids is 1. The Hall–Kier alpha value is -1.56. The summed E-state index contributed by atoms with van der Waals surface area (Å²) in [7, 11) is 1.89. The topological polar surface area (TPSA) is 53.4 Å². The van der Waals surface area contributed by atoms with Gasteiger partial charge in [-0.2, -0.15) is 5.10 Å². The van der Waals surface area contributed by atoms with Gasteiger partial charge < -0.3 is 10.2 Å². The third kappa shape index (κ3) is 3.09. The maximum Gasteiger partial charge on any atom is 0.317 e. The first-order chi connectivity index (χ1) is 11.2. The number of hydrogen-bond acceptors (Lipinski definition) is 3. The fourth-order valence-corrected chi connectivity index (χ4v) is 4.77. The number of carbonyl (C=O) groups is 1. The van der Waals surface area contributed by atoms with Crippen LogP contribution >= 0.6 is 0 Å². The van der Waals surface area contributed by atoms with E-state index >= 15 is 0 Å². The van der Waals surface area contributed by atoms with E-state index in [1.807, 2.05) is 18.1 Å². The Morgan fingerprint density at radius 2 is 2.09 bits per heavy atom. The van der Waals surface area contributed by atoms with Crippen molar-refractivity contribution in [3.05, 3.63) is 18.0 Å². The molecule has 0 aromatic carbocycles. The number of aromatic nitrogens is 2. The van der Waals surface area contributed by atoms with E-state index in [4.69, 9.17) is 0 Å². The van der Waals surface area contributed by atoms with Crippen LogP contribution in [-0.4, -0.2) is 57.8 Å². The molecule has 3 aliphatic rings. The van der Waals surface area contributed by atoms with E-state index in [1.165, 1.54) is 25.7 Å². The molecule has 2 saturated carbocycles. The fraction of sp³-hybridized carbons (Fsp3) is 0.765. The summed E-state index contributed by atoms with van der Waals surface area (Å²) in [6, 6.07) is 0.857. The predicted molar refractivity (Wildman–Crippen MR) is 87.8 cm³/mol. The molecule has 1 saturated heterocycles. The van der Waals surface area contributed by atoms with Crippen LogP contribution in [-0.2, 0) is 13.6 Å². The van der Waals surface area contributed by atoms with Crippen LogP contribution in [0.4, 0.5) is 4.79 Å². The Morgan fingerprint density at radius 3 is 2.70 bits per heavy atom. The van der Waals surface area contributed by atoms with Gasteiger partial charge >= 0.3 is 6.03 Å². The highest BCUT2D eigenvalue weighted by Crippen LogP contribution is 2.46. The number of aryl methyl sites for hydroxylation is 1. The van der Waals surface area contributed by atoms with Gasteiger partial charge in [0.2, 0.25) is 0 Å². The molecule has 126 valence electrons. The van der Waals surface area contributed by atoms with Crippen molar-refractivity contribution in [2.24, 2.45) is 18.9 Å². The molecular weight excluding hydrogens is 290 g/mol. The average Bonchev–Trinajstić information content (AvgIpc) is 3.29. The first kappa shape index (κ1) is 15.0. The van der Waals surface area contributed by atoms with Crippen LogP contribution in [0.2, 0.25) is 0 Å². The first-order valence-electron chi connectivity index (χ1n) is 8.93. The van der Waals surface area contributed by atoms with Crippen molar-refractivity contribution < 1.29 is 4.79 Å². The zero-order chi connectivity index (χ0) is 15.8. The number of fused-ring (bicyclic) bond motifs is 2. The van der Waals surface area contributed by atoms with Crippen LogP contribution in [0.25, 0.3) is 0 Å². The number of hydrogen-bond donors (Lipinski definition) is 1. The molecule has 0 radical (unpaired) electrons. The lowest BCUT2D eigenvalue weighted by Gasteiger charge is -2.40. The normalized spacial score (nSPS) is 30.8. The molecule has 2 amide bonds. The van der Waals surface area contributed by atoms with Crippen LogP contribution in [0.1, 0.15) is 31.2 Å². The van der Waals surface area contributed by atoms with Gasteiger partial charge in [-0.3, -0.25) is 9.58 Å². The highest BCUT2D eigenvalue weighted by Gasteiger charge is 2.42. The van der Waals surface area contributed by atoms with Gasteiger partial charge in [0.1, 0.15) is 0 Å². The third-order valence-corrected chi connectivity index (χ3v) is 5.97. The number of nitrogens with one attached hydrogen (secondary N) is 1. The smallest absolute Gasteiger partial charge is 0.317 e. The summed E-state index contributed by atoms with van der Waals surface area (Å²) in [5.74, 6) is 1.93. The second-order valence-corrected chi connectivity index (χ2v) is 7.45. The van der Waals surface area contributed by atoms with E-state index in [-0.39, 0.29) is 6.03 Å². The van der Waals surface area contributed by atoms with Crippen molar-refractivity contribution in [3.63, 3.8) is 0 Å².